The van der Waals surface area contributed by atoms with Crippen molar-refractivity contribution in [3.05, 3.63) is 11.6 Å². The highest BCUT2D eigenvalue weighted by molar-refractivity contribution is 5.90. The van der Waals surface area contributed by atoms with Gasteiger partial charge in [0.25, 0.3) is 0 Å². The molecule has 1 aliphatic rings. The lowest BCUT2D eigenvalue weighted by Gasteiger charge is -2.05. The molecular formula is C15H26O. The van der Waals surface area contributed by atoms with E-state index >= 15 is 0 Å². The molecule has 0 N–H and O–H groups in total. The number of allylic oxidation sites excluding steroid dienone is 2. The molecule has 0 saturated carbocycles. The summed E-state index contributed by atoms with van der Waals surface area (Å²) in [5, 5.41) is 0. The SMILES string of the molecule is C/C1=C/C(=O)CCCCCCCCCCC1. The maximum absolute atomic E-state index is 11.6. The van der Waals surface area contributed by atoms with Crippen molar-refractivity contribution in [1.82, 2.24) is 0 Å². The summed E-state index contributed by atoms with van der Waals surface area (Å²) in [4.78, 5) is 11.6. The summed E-state index contributed by atoms with van der Waals surface area (Å²) in [7, 11) is 0. The Labute approximate surface area is 100 Å². The van der Waals surface area contributed by atoms with E-state index in [1.165, 1.54) is 56.9 Å². The standard InChI is InChI=1S/C15H26O/c1-14-11-9-7-5-3-2-4-6-8-10-12-15(16)13-14/h13H,2-12H2,1H3/b14-13-. The Morgan fingerprint density at radius 2 is 1.19 bits per heavy atom. The Bertz CT molecular complexity index is 228. The van der Waals surface area contributed by atoms with Crippen molar-refractivity contribution in [2.45, 2.75) is 77.6 Å². The molecule has 16 heavy (non-hydrogen) atoms. The van der Waals surface area contributed by atoms with Gasteiger partial charge in [-0.15, -0.1) is 0 Å². The fraction of sp³-hybridized carbons (Fsp3) is 0.800. The van der Waals surface area contributed by atoms with Crippen molar-refractivity contribution in [2.24, 2.45) is 0 Å². The molecule has 0 aromatic carbocycles. The summed E-state index contributed by atoms with van der Waals surface area (Å²) in [5.74, 6) is 0.342. The minimum atomic E-state index is 0.342. The molecule has 0 atom stereocenters. The van der Waals surface area contributed by atoms with Crippen LogP contribution in [0.1, 0.15) is 77.6 Å². The zero-order valence-electron chi connectivity index (χ0n) is 10.8. The fourth-order valence-electron chi connectivity index (χ4n) is 2.36. The Kier molecular flexibility index (Phi) is 7.20. The van der Waals surface area contributed by atoms with Crippen LogP contribution >= 0.6 is 0 Å². The Morgan fingerprint density at radius 1 is 0.750 bits per heavy atom. The second-order valence-electron chi connectivity index (χ2n) is 5.14. The van der Waals surface area contributed by atoms with Crippen molar-refractivity contribution >= 4 is 5.78 Å². The lowest BCUT2D eigenvalue weighted by molar-refractivity contribution is -0.114. The lowest BCUT2D eigenvalue weighted by Crippen LogP contribution is -1.95. The number of hydrogen-bond acceptors (Lipinski definition) is 1. The number of carbonyl (C=O) groups excluding carboxylic acids is 1. The van der Waals surface area contributed by atoms with Crippen LogP contribution in [0.5, 0.6) is 0 Å². The largest absolute Gasteiger partial charge is 0.295 e. The molecule has 92 valence electrons. The molecule has 0 aliphatic heterocycles. The molecular weight excluding hydrogens is 196 g/mol. The van der Waals surface area contributed by atoms with E-state index in [2.05, 4.69) is 6.92 Å². The first kappa shape index (κ1) is 13.5. The molecule has 0 spiro atoms. The first-order chi connectivity index (χ1) is 7.79. The topological polar surface area (TPSA) is 17.1 Å². The van der Waals surface area contributed by atoms with Crippen LogP contribution in [0, 0.1) is 0 Å². The van der Waals surface area contributed by atoms with Crippen LogP contribution in [0.4, 0.5) is 0 Å². The van der Waals surface area contributed by atoms with E-state index in [0.717, 1.165) is 19.3 Å². The Balaban J connectivity index is 2.35. The van der Waals surface area contributed by atoms with Gasteiger partial charge in [0.15, 0.2) is 5.78 Å². The van der Waals surface area contributed by atoms with Crippen molar-refractivity contribution < 1.29 is 4.79 Å². The van der Waals surface area contributed by atoms with Gasteiger partial charge in [0.1, 0.15) is 0 Å². The van der Waals surface area contributed by atoms with E-state index in [-0.39, 0.29) is 0 Å². The molecule has 0 aromatic heterocycles. The average Bonchev–Trinajstić information content (AvgIpc) is 2.25. The quantitative estimate of drug-likeness (QED) is 0.575. The van der Waals surface area contributed by atoms with Gasteiger partial charge >= 0.3 is 0 Å². The number of hydrogen-bond donors (Lipinski definition) is 0. The van der Waals surface area contributed by atoms with E-state index in [1.807, 2.05) is 6.08 Å². The molecule has 0 saturated heterocycles. The third kappa shape index (κ3) is 6.81. The third-order valence-corrected chi connectivity index (χ3v) is 3.40. The van der Waals surface area contributed by atoms with E-state index < -0.39 is 0 Å². The molecule has 0 unspecified atom stereocenters. The minimum absolute atomic E-state index is 0.342. The molecule has 0 bridgehead atoms. The van der Waals surface area contributed by atoms with Crippen molar-refractivity contribution in [3.8, 4) is 0 Å². The summed E-state index contributed by atoms with van der Waals surface area (Å²) >= 11 is 0. The van der Waals surface area contributed by atoms with Crippen LogP contribution in [0.15, 0.2) is 11.6 Å². The van der Waals surface area contributed by atoms with Crippen LogP contribution in [-0.2, 0) is 4.79 Å². The second-order valence-corrected chi connectivity index (χ2v) is 5.14. The summed E-state index contributed by atoms with van der Waals surface area (Å²) in [6.45, 7) is 2.10. The van der Waals surface area contributed by atoms with E-state index in [1.54, 1.807) is 0 Å². The predicted octanol–water partition coefficient (Wildman–Crippen LogP) is 4.81. The molecule has 1 rings (SSSR count). The Hall–Kier alpha value is -0.590. The van der Waals surface area contributed by atoms with Gasteiger partial charge in [0, 0.05) is 6.42 Å². The van der Waals surface area contributed by atoms with Gasteiger partial charge in [-0.2, -0.15) is 0 Å². The van der Waals surface area contributed by atoms with Gasteiger partial charge in [0.05, 0.1) is 0 Å². The Morgan fingerprint density at radius 3 is 1.75 bits per heavy atom. The van der Waals surface area contributed by atoms with Gasteiger partial charge < -0.3 is 0 Å². The summed E-state index contributed by atoms with van der Waals surface area (Å²) < 4.78 is 0. The highest BCUT2D eigenvalue weighted by Gasteiger charge is 2.01. The van der Waals surface area contributed by atoms with Crippen LogP contribution in [0.3, 0.4) is 0 Å². The van der Waals surface area contributed by atoms with Gasteiger partial charge in [-0.05, 0) is 32.3 Å². The second kappa shape index (κ2) is 8.55. The fourth-order valence-corrected chi connectivity index (χ4v) is 2.36. The minimum Gasteiger partial charge on any atom is -0.295 e. The van der Waals surface area contributed by atoms with Crippen molar-refractivity contribution in [3.63, 3.8) is 0 Å². The number of carbonyl (C=O) groups is 1. The first-order valence-corrected chi connectivity index (χ1v) is 6.99. The average molecular weight is 222 g/mol. The van der Waals surface area contributed by atoms with Crippen molar-refractivity contribution in [1.29, 1.82) is 0 Å². The third-order valence-electron chi connectivity index (χ3n) is 3.40. The molecule has 0 heterocycles. The normalized spacial score (nSPS) is 25.6. The molecule has 0 amide bonds. The zero-order chi connectivity index (χ0) is 11.6. The monoisotopic (exact) mass is 222 g/mol. The smallest absolute Gasteiger partial charge is 0.155 e. The lowest BCUT2D eigenvalue weighted by atomic mass is 10.0. The summed E-state index contributed by atoms with van der Waals surface area (Å²) in [6, 6.07) is 0. The number of ketones is 1. The maximum Gasteiger partial charge on any atom is 0.155 e. The van der Waals surface area contributed by atoms with Gasteiger partial charge in [-0.1, -0.05) is 50.5 Å². The van der Waals surface area contributed by atoms with E-state index in [4.69, 9.17) is 0 Å². The number of rotatable bonds is 0. The molecule has 0 radical (unpaired) electrons. The van der Waals surface area contributed by atoms with E-state index in [0.29, 0.717) is 5.78 Å². The first-order valence-electron chi connectivity index (χ1n) is 6.99. The molecule has 1 nitrogen and oxygen atoms in total. The van der Waals surface area contributed by atoms with Gasteiger partial charge in [0.2, 0.25) is 0 Å². The van der Waals surface area contributed by atoms with E-state index in [9.17, 15) is 4.79 Å². The van der Waals surface area contributed by atoms with Crippen LogP contribution in [0.2, 0.25) is 0 Å². The summed E-state index contributed by atoms with van der Waals surface area (Å²) in [6.07, 6.45) is 15.5. The predicted molar refractivity (Wildman–Crippen MR) is 69.6 cm³/mol. The van der Waals surface area contributed by atoms with Gasteiger partial charge in [-0.3, -0.25) is 4.79 Å². The maximum atomic E-state index is 11.6. The van der Waals surface area contributed by atoms with Crippen LogP contribution in [0.25, 0.3) is 0 Å². The molecule has 1 aliphatic carbocycles. The van der Waals surface area contributed by atoms with Gasteiger partial charge in [-0.25, -0.2) is 0 Å². The van der Waals surface area contributed by atoms with Crippen molar-refractivity contribution in [2.75, 3.05) is 0 Å². The molecule has 0 fully saturated rings. The molecule has 1 heteroatoms. The molecule has 0 aromatic rings. The van der Waals surface area contributed by atoms with Crippen LogP contribution < -0.4 is 0 Å². The zero-order valence-corrected chi connectivity index (χ0v) is 10.8. The highest BCUT2D eigenvalue weighted by Crippen LogP contribution is 2.15. The van der Waals surface area contributed by atoms with Crippen LogP contribution in [-0.4, -0.2) is 5.78 Å². The summed E-state index contributed by atoms with van der Waals surface area (Å²) in [5.41, 5.74) is 1.28. The highest BCUT2D eigenvalue weighted by atomic mass is 16.1.